The minimum atomic E-state index is -0.322. The maximum atomic E-state index is 12.3. The molecule has 1 saturated heterocycles. The quantitative estimate of drug-likeness (QED) is 0.827. The van der Waals surface area contributed by atoms with Crippen LogP contribution in [0.5, 0.6) is 0 Å². The number of amides is 2. The van der Waals surface area contributed by atoms with Gasteiger partial charge in [0.1, 0.15) is 5.69 Å². The van der Waals surface area contributed by atoms with E-state index in [1.807, 2.05) is 0 Å². The van der Waals surface area contributed by atoms with Crippen molar-refractivity contribution in [1.82, 2.24) is 19.4 Å². The Morgan fingerprint density at radius 1 is 1.29 bits per heavy atom. The van der Waals surface area contributed by atoms with Crippen molar-refractivity contribution in [2.45, 2.75) is 13.5 Å². The van der Waals surface area contributed by atoms with Crippen molar-refractivity contribution in [3.05, 3.63) is 18.2 Å². The van der Waals surface area contributed by atoms with Gasteiger partial charge >= 0.3 is 6.09 Å². The Balaban J connectivity index is 1.89. The van der Waals surface area contributed by atoms with Crippen molar-refractivity contribution in [2.24, 2.45) is 5.73 Å². The zero-order chi connectivity index (χ0) is 15.2. The molecule has 0 saturated carbocycles. The van der Waals surface area contributed by atoms with Crippen LogP contribution in [0, 0.1) is 0 Å². The number of rotatable bonds is 4. The van der Waals surface area contributed by atoms with Crippen LogP contribution < -0.4 is 5.73 Å². The number of carbonyl (C=O) groups excluding carboxylic acids is 2. The lowest BCUT2D eigenvalue weighted by atomic mass is 10.3. The highest BCUT2D eigenvalue weighted by Gasteiger charge is 2.26. The fourth-order valence-corrected chi connectivity index (χ4v) is 2.21. The van der Waals surface area contributed by atoms with E-state index in [0.29, 0.717) is 51.6 Å². The number of carbonyl (C=O) groups is 2. The predicted octanol–water partition coefficient (Wildman–Crippen LogP) is -0.244. The summed E-state index contributed by atoms with van der Waals surface area (Å²) < 4.78 is 6.74. The summed E-state index contributed by atoms with van der Waals surface area (Å²) in [6, 6.07) is 0. The maximum absolute atomic E-state index is 12.3. The average Bonchev–Trinajstić information content (AvgIpc) is 2.96. The summed E-state index contributed by atoms with van der Waals surface area (Å²) in [5.74, 6) is -0.116. The van der Waals surface area contributed by atoms with Crippen LogP contribution in [0.15, 0.2) is 12.5 Å². The molecule has 2 amide bonds. The van der Waals surface area contributed by atoms with Crippen LogP contribution in [-0.2, 0) is 11.3 Å². The lowest BCUT2D eigenvalue weighted by Crippen LogP contribution is -2.50. The van der Waals surface area contributed by atoms with Crippen molar-refractivity contribution in [3.63, 3.8) is 0 Å². The lowest BCUT2D eigenvalue weighted by Gasteiger charge is -2.33. The van der Waals surface area contributed by atoms with E-state index in [2.05, 4.69) is 4.98 Å². The van der Waals surface area contributed by atoms with Crippen molar-refractivity contribution < 1.29 is 14.3 Å². The third kappa shape index (κ3) is 3.72. The standard InChI is InChI=1S/C13H21N5O3/c1-2-21-13(20)18-7-5-17(6-8-18)12(19)11-9-16(4-3-14)10-15-11/h9-10H,2-8,14H2,1H3. The number of nitrogens with zero attached hydrogens (tertiary/aromatic N) is 4. The summed E-state index contributed by atoms with van der Waals surface area (Å²) in [5.41, 5.74) is 5.87. The third-order valence-electron chi connectivity index (χ3n) is 3.33. The number of ether oxygens (including phenoxy) is 1. The second-order valence-corrected chi connectivity index (χ2v) is 4.76. The molecule has 2 heterocycles. The van der Waals surface area contributed by atoms with Crippen LogP contribution in [0.25, 0.3) is 0 Å². The molecule has 1 aromatic heterocycles. The Kier molecular flexibility index (Phi) is 5.15. The van der Waals surface area contributed by atoms with Crippen LogP contribution in [-0.4, -0.2) is 70.7 Å². The van der Waals surface area contributed by atoms with Crippen LogP contribution in [0.2, 0.25) is 0 Å². The molecule has 1 fully saturated rings. The molecule has 0 aromatic carbocycles. The number of nitrogens with two attached hydrogens (primary N) is 1. The first-order valence-corrected chi connectivity index (χ1v) is 7.08. The highest BCUT2D eigenvalue weighted by molar-refractivity contribution is 5.92. The first-order chi connectivity index (χ1) is 10.2. The first kappa shape index (κ1) is 15.3. The van der Waals surface area contributed by atoms with E-state index in [0.717, 1.165) is 0 Å². The number of aromatic nitrogens is 2. The summed E-state index contributed by atoms with van der Waals surface area (Å²) >= 11 is 0. The normalized spacial score (nSPS) is 15.1. The van der Waals surface area contributed by atoms with Gasteiger partial charge in [-0.3, -0.25) is 4.79 Å². The molecule has 2 N–H and O–H groups in total. The largest absolute Gasteiger partial charge is 0.450 e. The average molecular weight is 295 g/mol. The van der Waals surface area contributed by atoms with Crippen molar-refractivity contribution in [1.29, 1.82) is 0 Å². The smallest absolute Gasteiger partial charge is 0.409 e. The van der Waals surface area contributed by atoms with Crippen molar-refractivity contribution >= 4 is 12.0 Å². The van der Waals surface area contributed by atoms with Gasteiger partial charge in [0.15, 0.2) is 0 Å². The van der Waals surface area contributed by atoms with E-state index in [-0.39, 0.29) is 12.0 Å². The Morgan fingerprint density at radius 3 is 2.57 bits per heavy atom. The molecule has 1 aliphatic heterocycles. The van der Waals surface area contributed by atoms with E-state index in [1.54, 1.807) is 33.8 Å². The zero-order valence-corrected chi connectivity index (χ0v) is 12.2. The highest BCUT2D eigenvalue weighted by atomic mass is 16.6. The molecule has 1 aliphatic rings. The molecule has 1 aromatic rings. The molecule has 0 unspecified atom stereocenters. The number of imidazole rings is 1. The number of hydrogen-bond acceptors (Lipinski definition) is 5. The fraction of sp³-hybridized carbons (Fsp3) is 0.615. The molecule has 21 heavy (non-hydrogen) atoms. The molecule has 0 aliphatic carbocycles. The molecule has 8 heteroatoms. The second kappa shape index (κ2) is 7.07. The van der Waals surface area contributed by atoms with Crippen molar-refractivity contribution in [3.8, 4) is 0 Å². The minimum absolute atomic E-state index is 0.116. The molecule has 0 bridgehead atoms. The monoisotopic (exact) mass is 295 g/mol. The van der Waals surface area contributed by atoms with E-state index in [1.165, 1.54) is 0 Å². The fourth-order valence-electron chi connectivity index (χ4n) is 2.21. The molecule has 116 valence electrons. The van der Waals surface area contributed by atoms with Gasteiger partial charge < -0.3 is 24.8 Å². The SMILES string of the molecule is CCOC(=O)N1CCN(C(=O)c2cn(CCN)cn2)CC1. The summed E-state index contributed by atoms with van der Waals surface area (Å²) in [5, 5.41) is 0. The Hall–Kier alpha value is -2.09. The van der Waals surface area contributed by atoms with Gasteiger partial charge in [-0.1, -0.05) is 0 Å². The number of piperazine rings is 1. The molecule has 8 nitrogen and oxygen atoms in total. The van der Waals surface area contributed by atoms with E-state index >= 15 is 0 Å². The number of hydrogen-bond donors (Lipinski definition) is 1. The second-order valence-electron chi connectivity index (χ2n) is 4.76. The van der Waals surface area contributed by atoms with Gasteiger partial charge in [0, 0.05) is 45.5 Å². The summed E-state index contributed by atoms with van der Waals surface area (Å²) in [4.78, 5) is 31.3. The van der Waals surface area contributed by atoms with Gasteiger partial charge in [0.25, 0.3) is 5.91 Å². The first-order valence-electron chi connectivity index (χ1n) is 7.08. The van der Waals surface area contributed by atoms with E-state index < -0.39 is 0 Å². The Labute approximate surface area is 123 Å². The molecular weight excluding hydrogens is 274 g/mol. The third-order valence-corrected chi connectivity index (χ3v) is 3.33. The van der Waals surface area contributed by atoms with Gasteiger partial charge in [-0.25, -0.2) is 9.78 Å². The Morgan fingerprint density at radius 2 is 1.95 bits per heavy atom. The summed E-state index contributed by atoms with van der Waals surface area (Å²) in [7, 11) is 0. The lowest BCUT2D eigenvalue weighted by molar-refractivity contribution is 0.0566. The van der Waals surface area contributed by atoms with Crippen LogP contribution in [0.4, 0.5) is 4.79 Å². The van der Waals surface area contributed by atoms with E-state index in [9.17, 15) is 9.59 Å². The van der Waals surface area contributed by atoms with Crippen LogP contribution in [0.3, 0.4) is 0 Å². The van der Waals surface area contributed by atoms with Crippen LogP contribution in [0.1, 0.15) is 17.4 Å². The van der Waals surface area contributed by atoms with E-state index in [4.69, 9.17) is 10.5 Å². The van der Waals surface area contributed by atoms with Gasteiger partial charge in [-0.2, -0.15) is 0 Å². The zero-order valence-electron chi connectivity index (χ0n) is 12.2. The van der Waals surface area contributed by atoms with Gasteiger partial charge in [0.05, 0.1) is 12.9 Å². The van der Waals surface area contributed by atoms with Gasteiger partial charge in [0.2, 0.25) is 0 Å². The maximum Gasteiger partial charge on any atom is 0.409 e. The molecule has 0 radical (unpaired) electrons. The van der Waals surface area contributed by atoms with Crippen molar-refractivity contribution in [2.75, 3.05) is 39.3 Å². The topological polar surface area (TPSA) is 93.7 Å². The Bertz CT molecular complexity index is 494. The van der Waals surface area contributed by atoms with Crippen LogP contribution >= 0.6 is 0 Å². The van der Waals surface area contributed by atoms with Gasteiger partial charge in [-0.05, 0) is 6.92 Å². The summed E-state index contributed by atoms with van der Waals surface area (Å²) in [6.45, 7) is 5.20. The molecule has 0 spiro atoms. The highest BCUT2D eigenvalue weighted by Crippen LogP contribution is 2.08. The molecule has 2 rings (SSSR count). The minimum Gasteiger partial charge on any atom is -0.450 e. The van der Waals surface area contributed by atoms with Gasteiger partial charge in [-0.15, -0.1) is 0 Å². The summed E-state index contributed by atoms with van der Waals surface area (Å²) in [6.07, 6.45) is 2.99. The predicted molar refractivity (Wildman–Crippen MR) is 75.8 cm³/mol. The molecule has 0 atom stereocenters. The molecular formula is C13H21N5O3.